The van der Waals surface area contributed by atoms with Crippen molar-refractivity contribution in [2.45, 2.75) is 51.0 Å². The molecule has 0 spiro atoms. The standard InChI is InChI=1S/C31H31N7O/c1-20(21-9-12-33-13-10-21)39-31-35-27-19-38(28-16-23-6-2-4-22-5-3-7-25(28)29(22)23)18-26(27)30(36-31)37-15-14-34-24(17-37)8-11-32/h2-7,9-10,12-13,20,24,28,34H,8,14-19H2,1H3/t20-,24+,28?/m1/s1. The maximum absolute atomic E-state index is 9.31. The van der Waals surface area contributed by atoms with E-state index < -0.39 is 0 Å². The zero-order valence-electron chi connectivity index (χ0n) is 22.0. The first-order chi connectivity index (χ1) is 19.2. The van der Waals surface area contributed by atoms with Crippen LogP contribution >= 0.6 is 0 Å². The number of pyridine rings is 1. The highest BCUT2D eigenvalue weighted by Crippen LogP contribution is 2.44. The van der Waals surface area contributed by atoms with E-state index in [0.717, 1.165) is 56.2 Å². The van der Waals surface area contributed by atoms with Gasteiger partial charge >= 0.3 is 6.01 Å². The summed E-state index contributed by atoms with van der Waals surface area (Å²) >= 11 is 0. The molecule has 2 aliphatic heterocycles. The van der Waals surface area contributed by atoms with Gasteiger partial charge in [-0.2, -0.15) is 15.2 Å². The van der Waals surface area contributed by atoms with Gasteiger partial charge in [-0.05, 0) is 52.9 Å². The van der Waals surface area contributed by atoms with E-state index in [0.29, 0.717) is 18.5 Å². The van der Waals surface area contributed by atoms with Crippen LogP contribution in [0.2, 0.25) is 0 Å². The average molecular weight is 518 g/mol. The minimum absolute atomic E-state index is 0.119. The zero-order valence-corrected chi connectivity index (χ0v) is 22.0. The number of anilines is 1. The van der Waals surface area contributed by atoms with Crippen molar-refractivity contribution in [2.75, 3.05) is 24.5 Å². The van der Waals surface area contributed by atoms with Gasteiger partial charge < -0.3 is 15.0 Å². The molecule has 0 bridgehead atoms. The van der Waals surface area contributed by atoms with Gasteiger partial charge in [0.05, 0.1) is 18.2 Å². The second-order valence-corrected chi connectivity index (χ2v) is 10.7. The number of nitrogens with zero attached hydrogens (tertiary/aromatic N) is 6. The molecule has 1 saturated heterocycles. The smallest absolute Gasteiger partial charge is 0.319 e. The SMILES string of the molecule is C[C@@H](Oc1nc2c(c(N3CCN[C@@H](CC#N)C3)n1)CN(C1Cc3cccc4cccc1c34)C2)c1ccncc1. The van der Waals surface area contributed by atoms with Crippen LogP contribution in [0.1, 0.15) is 53.4 Å². The maximum Gasteiger partial charge on any atom is 0.319 e. The third kappa shape index (κ3) is 4.38. The number of hydrogen-bond donors (Lipinski definition) is 1. The molecule has 1 fully saturated rings. The molecule has 7 rings (SSSR count). The molecule has 0 amide bonds. The molecule has 39 heavy (non-hydrogen) atoms. The molecule has 1 aliphatic carbocycles. The lowest BCUT2D eigenvalue weighted by Gasteiger charge is -2.34. The first-order valence-corrected chi connectivity index (χ1v) is 13.7. The Labute approximate surface area is 228 Å². The minimum atomic E-state index is -0.201. The van der Waals surface area contributed by atoms with E-state index in [-0.39, 0.29) is 12.1 Å². The Kier molecular flexibility index (Phi) is 6.11. The fourth-order valence-electron chi connectivity index (χ4n) is 6.44. The van der Waals surface area contributed by atoms with Crippen molar-refractivity contribution in [2.24, 2.45) is 0 Å². The van der Waals surface area contributed by atoms with Crippen molar-refractivity contribution in [1.29, 1.82) is 5.26 Å². The van der Waals surface area contributed by atoms with E-state index in [1.165, 1.54) is 27.5 Å². The molecule has 1 unspecified atom stereocenters. The third-order valence-corrected chi connectivity index (χ3v) is 8.35. The Hall–Kier alpha value is -4.06. The number of nitrogens with one attached hydrogen (secondary N) is 1. The van der Waals surface area contributed by atoms with Crippen LogP contribution in [0, 0.1) is 11.3 Å². The van der Waals surface area contributed by atoms with E-state index in [1.54, 1.807) is 12.4 Å². The number of fused-ring (bicyclic) bond motifs is 1. The second-order valence-electron chi connectivity index (χ2n) is 10.7. The van der Waals surface area contributed by atoms with Crippen LogP contribution in [-0.4, -0.2) is 45.5 Å². The molecule has 196 valence electrons. The van der Waals surface area contributed by atoms with E-state index in [1.807, 2.05) is 19.1 Å². The van der Waals surface area contributed by atoms with Gasteiger partial charge in [0.1, 0.15) is 11.9 Å². The van der Waals surface area contributed by atoms with Crippen LogP contribution in [-0.2, 0) is 19.5 Å². The minimum Gasteiger partial charge on any atom is -0.456 e. The van der Waals surface area contributed by atoms with Gasteiger partial charge in [0.25, 0.3) is 0 Å². The van der Waals surface area contributed by atoms with Gasteiger partial charge in [0.2, 0.25) is 0 Å². The van der Waals surface area contributed by atoms with E-state index in [4.69, 9.17) is 14.7 Å². The molecule has 8 heteroatoms. The van der Waals surface area contributed by atoms with Crippen molar-refractivity contribution < 1.29 is 4.74 Å². The lowest BCUT2D eigenvalue weighted by atomic mass is 10.0. The topological polar surface area (TPSA) is 90.2 Å². The molecule has 2 aromatic carbocycles. The Balaban J connectivity index is 1.22. The number of ether oxygens (including phenoxy) is 1. The molecule has 8 nitrogen and oxygen atoms in total. The van der Waals surface area contributed by atoms with E-state index in [2.05, 4.69) is 62.6 Å². The average Bonchev–Trinajstić information content (AvgIpc) is 3.56. The van der Waals surface area contributed by atoms with Crippen molar-refractivity contribution in [1.82, 2.24) is 25.2 Å². The number of hydrogen-bond acceptors (Lipinski definition) is 8. The summed E-state index contributed by atoms with van der Waals surface area (Å²) in [4.78, 5) is 19.0. The molecular formula is C31H31N7O. The molecule has 4 aromatic rings. The normalized spacial score (nSPS) is 21.1. The predicted molar refractivity (Wildman–Crippen MR) is 149 cm³/mol. The number of rotatable bonds is 6. The summed E-state index contributed by atoms with van der Waals surface area (Å²) in [7, 11) is 0. The van der Waals surface area contributed by atoms with Crippen molar-refractivity contribution >= 4 is 16.6 Å². The Morgan fingerprint density at radius 1 is 1.10 bits per heavy atom. The third-order valence-electron chi connectivity index (χ3n) is 8.35. The van der Waals surface area contributed by atoms with Gasteiger partial charge in [-0.15, -0.1) is 0 Å². The van der Waals surface area contributed by atoms with Crippen LogP contribution in [0.5, 0.6) is 6.01 Å². The molecule has 4 heterocycles. The second kappa shape index (κ2) is 9.92. The molecular weight excluding hydrogens is 486 g/mol. The summed E-state index contributed by atoms with van der Waals surface area (Å²) in [6, 6.07) is 20.4. The van der Waals surface area contributed by atoms with Crippen LogP contribution in [0.4, 0.5) is 5.82 Å². The summed E-state index contributed by atoms with van der Waals surface area (Å²) in [5.74, 6) is 0.942. The van der Waals surface area contributed by atoms with Gasteiger partial charge in [0, 0.05) is 62.8 Å². The highest BCUT2D eigenvalue weighted by Gasteiger charge is 2.36. The monoisotopic (exact) mass is 517 g/mol. The lowest BCUT2D eigenvalue weighted by Crippen LogP contribution is -2.51. The largest absolute Gasteiger partial charge is 0.456 e. The highest BCUT2D eigenvalue weighted by atomic mass is 16.5. The Morgan fingerprint density at radius 3 is 2.79 bits per heavy atom. The molecule has 0 saturated carbocycles. The Morgan fingerprint density at radius 2 is 1.95 bits per heavy atom. The van der Waals surface area contributed by atoms with Crippen LogP contribution in [0.3, 0.4) is 0 Å². The quantitative estimate of drug-likeness (QED) is 0.401. The highest BCUT2D eigenvalue weighted by molar-refractivity contribution is 5.91. The van der Waals surface area contributed by atoms with Crippen molar-refractivity contribution in [3.63, 3.8) is 0 Å². The van der Waals surface area contributed by atoms with E-state index in [9.17, 15) is 5.26 Å². The predicted octanol–water partition coefficient (Wildman–Crippen LogP) is 4.47. The molecule has 3 aliphatic rings. The van der Waals surface area contributed by atoms with Gasteiger partial charge in [-0.25, -0.2) is 0 Å². The Bertz CT molecular complexity index is 1560. The van der Waals surface area contributed by atoms with Crippen LogP contribution < -0.4 is 15.0 Å². The lowest BCUT2D eigenvalue weighted by molar-refractivity contribution is 0.199. The fourth-order valence-corrected chi connectivity index (χ4v) is 6.44. The number of benzene rings is 2. The van der Waals surface area contributed by atoms with Gasteiger partial charge in [-0.1, -0.05) is 36.4 Å². The molecule has 1 N–H and O–H groups in total. The molecule has 3 atom stereocenters. The number of piperazine rings is 1. The van der Waals surface area contributed by atoms with Crippen LogP contribution in [0.25, 0.3) is 10.8 Å². The van der Waals surface area contributed by atoms with Gasteiger partial charge in [0.15, 0.2) is 0 Å². The summed E-state index contributed by atoms with van der Waals surface area (Å²) in [6.07, 6.45) is 4.83. The van der Waals surface area contributed by atoms with Crippen LogP contribution in [0.15, 0.2) is 60.9 Å². The summed E-state index contributed by atoms with van der Waals surface area (Å²) in [6.45, 7) is 5.96. The van der Waals surface area contributed by atoms with E-state index >= 15 is 0 Å². The summed E-state index contributed by atoms with van der Waals surface area (Å²) in [5.41, 5.74) is 6.08. The van der Waals surface area contributed by atoms with Crippen molar-refractivity contribution in [3.8, 4) is 12.1 Å². The zero-order chi connectivity index (χ0) is 26.3. The summed E-state index contributed by atoms with van der Waals surface area (Å²) < 4.78 is 6.33. The maximum atomic E-state index is 9.31. The number of aromatic nitrogens is 3. The van der Waals surface area contributed by atoms with Gasteiger partial charge in [-0.3, -0.25) is 9.88 Å². The summed E-state index contributed by atoms with van der Waals surface area (Å²) in [5, 5.41) is 15.5. The first-order valence-electron chi connectivity index (χ1n) is 13.7. The fraction of sp³-hybridized carbons (Fsp3) is 0.355. The molecule has 0 radical (unpaired) electrons. The van der Waals surface area contributed by atoms with Crippen molar-refractivity contribution in [3.05, 3.63) is 88.9 Å². The molecule has 2 aromatic heterocycles. The number of nitriles is 1. The first kappa shape index (κ1) is 24.0.